The summed E-state index contributed by atoms with van der Waals surface area (Å²) in [4.78, 5) is 7.13. The first-order chi connectivity index (χ1) is 8.81. The summed E-state index contributed by atoms with van der Waals surface area (Å²) >= 11 is 11.5. The van der Waals surface area contributed by atoms with Gasteiger partial charge >= 0.3 is 0 Å². The first-order valence-corrected chi connectivity index (χ1v) is 7.03. The standard InChI is InChI=1S/C8H8Cl2N6O2S/c1-16-2-4(7(11)14-16)19(17,18)15-8-5(9)6(10)12-3-13-8/h2-3H,1H3,(H2,11,14)(H,12,13,15). The number of nitrogens with one attached hydrogen (secondary N) is 1. The van der Waals surface area contributed by atoms with E-state index in [0.717, 1.165) is 6.33 Å². The molecule has 0 spiro atoms. The number of hydrogen-bond acceptors (Lipinski definition) is 6. The Morgan fingerprint density at radius 3 is 2.63 bits per heavy atom. The molecule has 2 rings (SSSR count). The lowest BCUT2D eigenvalue weighted by Gasteiger charge is -2.07. The second-order valence-electron chi connectivity index (χ2n) is 3.48. The zero-order valence-electron chi connectivity index (χ0n) is 9.50. The second kappa shape index (κ2) is 4.83. The fourth-order valence-corrected chi connectivity index (χ4v) is 2.75. The summed E-state index contributed by atoms with van der Waals surface area (Å²) in [5, 5.41) is 3.58. The molecule has 0 atom stereocenters. The summed E-state index contributed by atoms with van der Waals surface area (Å²) in [6.07, 6.45) is 2.34. The first-order valence-electron chi connectivity index (χ1n) is 4.79. The van der Waals surface area contributed by atoms with Gasteiger partial charge in [0.25, 0.3) is 10.0 Å². The Morgan fingerprint density at radius 1 is 1.37 bits per heavy atom. The number of nitrogens with two attached hydrogens (primary N) is 1. The molecule has 0 bridgehead atoms. The van der Waals surface area contributed by atoms with Crippen molar-refractivity contribution in [2.24, 2.45) is 7.05 Å². The van der Waals surface area contributed by atoms with E-state index in [1.165, 1.54) is 10.9 Å². The maximum Gasteiger partial charge on any atom is 0.268 e. The van der Waals surface area contributed by atoms with E-state index in [-0.39, 0.29) is 26.7 Å². The van der Waals surface area contributed by atoms with Gasteiger partial charge in [0, 0.05) is 13.2 Å². The molecular formula is C8H8Cl2N6O2S. The normalized spacial score (nSPS) is 11.5. The quantitative estimate of drug-likeness (QED) is 0.811. The van der Waals surface area contributed by atoms with Crippen molar-refractivity contribution in [2.45, 2.75) is 4.90 Å². The number of hydrogen-bond donors (Lipinski definition) is 2. The molecule has 0 unspecified atom stereocenters. The Hall–Kier alpha value is -1.58. The number of halogens is 2. The molecule has 102 valence electrons. The van der Waals surface area contributed by atoms with E-state index in [9.17, 15) is 8.42 Å². The van der Waals surface area contributed by atoms with Crippen molar-refractivity contribution >= 4 is 44.9 Å². The van der Waals surface area contributed by atoms with E-state index in [1.54, 1.807) is 7.05 Å². The van der Waals surface area contributed by atoms with Crippen molar-refractivity contribution in [3.05, 3.63) is 22.7 Å². The van der Waals surface area contributed by atoms with Crippen LogP contribution in [-0.2, 0) is 17.1 Å². The Kier molecular flexibility index (Phi) is 3.52. The smallest absolute Gasteiger partial charge is 0.268 e. The molecule has 0 aliphatic carbocycles. The summed E-state index contributed by atoms with van der Waals surface area (Å²) in [5.41, 5.74) is 5.51. The van der Waals surface area contributed by atoms with Gasteiger partial charge in [-0.15, -0.1) is 0 Å². The van der Waals surface area contributed by atoms with Gasteiger partial charge in [-0.05, 0) is 0 Å². The van der Waals surface area contributed by atoms with Crippen LogP contribution >= 0.6 is 23.2 Å². The molecule has 0 aliphatic rings. The number of aromatic nitrogens is 4. The van der Waals surface area contributed by atoms with Gasteiger partial charge in [-0.2, -0.15) is 5.10 Å². The Morgan fingerprint density at radius 2 is 2.05 bits per heavy atom. The highest BCUT2D eigenvalue weighted by Gasteiger charge is 2.23. The molecule has 0 radical (unpaired) electrons. The largest absolute Gasteiger partial charge is 0.381 e. The Labute approximate surface area is 118 Å². The number of nitrogens with zero attached hydrogens (tertiary/aromatic N) is 4. The molecule has 0 aromatic carbocycles. The summed E-state index contributed by atoms with van der Waals surface area (Å²) in [5.74, 6) is -0.267. The van der Waals surface area contributed by atoms with Gasteiger partial charge in [0.15, 0.2) is 16.8 Å². The van der Waals surface area contributed by atoms with E-state index in [1.807, 2.05) is 0 Å². The number of anilines is 2. The average molecular weight is 323 g/mol. The third kappa shape index (κ3) is 2.72. The molecule has 2 heterocycles. The lowest BCUT2D eigenvalue weighted by Crippen LogP contribution is -2.15. The van der Waals surface area contributed by atoms with E-state index >= 15 is 0 Å². The predicted octanol–water partition coefficient (Wildman–Crippen LogP) is 0.900. The van der Waals surface area contributed by atoms with E-state index in [4.69, 9.17) is 28.9 Å². The first kappa shape index (κ1) is 13.8. The minimum Gasteiger partial charge on any atom is -0.381 e. The van der Waals surface area contributed by atoms with Crippen molar-refractivity contribution in [3.8, 4) is 0 Å². The summed E-state index contributed by atoms with van der Waals surface area (Å²) in [6.45, 7) is 0. The minimum atomic E-state index is -3.95. The lowest BCUT2D eigenvalue weighted by atomic mass is 10.6. The van der Waals surface area contributed by atoms with Crippen molar-refractivity contribution in [1.82, 2.24) is 19.7 Å². The molecule has 0 amide bonds. The van der Waals surface area contributed by atoms with Crippen LogP contribution in [0.3, 0.4) is 0 Å². The van der Waals surface area contributed by atoms with Crippen molar-refractivity contribution in [1.29, 1.82) is 0 Å². The molecule has 19 heavy (non-hydrogen) atoms. The molecule has 0 fully saturated rings. The van der Waals surface area contributed by atoms with Crippen LogP contribution in [0.2, 0.25) is 10.2 Å². The molecule has 3 N–H and O–H groups in total. The van der Waals surface area contributed by atoms with Gasteiger partial charge in [-0.3, -0.25) is 9.40 Å². The van der Waals surface area contributed by atoms with Crippen LogP contribution in [0.1, 0.15) is 0 Å². The minimum absolute atomic E-state index is 0.0616. The van der Waals surface area contributed by atoms with Crippen molar-refractivity contribution in [3.63, 3.8) is 0 Å². The zero-order valence-corrected chi connectivity index (χ0v) is 11.8. The van der Waals surface area contributed by atoms with Crippen LogP contribution < -0.4 is 10.5 Å². The highest BCUT2D eigenvalue weighted by molar-refractivity contribution is 7.92. The molecule has 8 nitrogen and oxygen atoms in total. The van der Waals surface area contributed by atoms with E-state index < -0.39 is 10.0 Å². The zero-order chi connectivity index (χ0) is 14.2. The van der Waals surface area contributed by atoms with Crippen molar-refractivity contribution < 1.29 is 8.42 Å². The molecule has 11 heteroatoms. The summed E-state index contributed by atoms with van der Waals surface area (Å²) in [7, 11) is -2.41. The Bertz CT molecular complexity index is 729. The summed E-state index contributed by atoms with van der Waals surface area (Å²) < 4.78 is 27.6. The van der Waals surface area contributed by atoms with Gasteiger partial charge in [0.05, 0.1) is 0 Å². The average Bonchev–Trinajstić information content (AvgIpc) is 2.65. The Balaban J connectivity index is 2.42. The van der Waals surface area contributed by atoms with Gasteiger partial charge in [0.1, 0.15) is 16.2 Å². The molecule has 0 saturated heterocycles. The fourth-order valence-electron chi connectivity index (χ4n) is 1.29. The second-order valence-corrected chi connectivity index (χ2v) is 5.87. The number of nitrogen functional groups attached to an aromatic ring is 1. The molecule has 0 aliphatic heterocycles. The lowest BCUT2D eigenvalue weighted by molar-refractivity contribution is 0.601. The van der Waals surface area contributed by atoms with Gasteiger partial charge in [-0.1, -0.05) is 23.2 Å². The monoisotopic (exact) mass is 322 g/mol. The van der Waals surface area contributed by atoms with Crippen LogP contribution in [0.5, 0.6) is 0 Å². The SMILES string of the molecule is Cn1cc(S(=O)(=O)Nc2ncnc(Cl)c2Cl)c(N)n1. The number of rotatable bonds is 3. The number of sulfonamides is 1. The predicted molar refractivity (Wildman–Crippen MR) is 70.5 cm³/mol. The van der Waals surface area contributed by atoms with Crippen LogP contribution in [0.15, 0.2) is 17.4 Å². The third-order valence-electron chi connectivity index (χ3n) is 2.09. The highest BCUT2D eigenvalue weighted by atomic mass is 35.5. The molecular weight excluding hydrogens is 315 g/mol. The highest BCUT2D eigenvalue weighted by Crippen LogP contribution is 2.28. The van der Waals surface area contributed by atoms with Crippen LogP contribution in [0.4, 0.5) is 11.6 Å². The van der Waals surface area contributed by atoms with Gasteiger partial charge in [0.2, 0.25) is 0 Å². The van der Waals surface area contributed by atoms with Crippen molar-refractivity contribution in [2.75, 3.05) is 10.5 Å². The molecule has 2 aromatic rings. The van der Waals surface area contributed by atoms with Crippen LogP contribution in [0.25, 0.3) is 0 Å². The maximum absolute atomic E-state index is 12.1. The van der Waals surface area contributed by atoms with E-state index in [0.29, 0.717) is 0 Å². The molecule has 0 saturated carbocycles. The van der Waals surface area contributed by atoms with Gasteiger partial charge in [-0.25, -0.2) is 18.4 Å². The molecule has 2 aromatic heterocycles. The number of aryl methyl sites for hydroxylation is 1. The topological polar surface area (TPSA) is 116 Å². The maximum atomic E-state index is 12.1. The fraction of sp³-hybridized carbons (Fsp3) is 0.125. The van der Waals surface area contributed by atoms with Crippen LogP contribution in [-0.4, -0.2) is 28.2 Å². The van der Waals surface area contributed by atoms with Crippen LogP contribution in [0, 0.1) is 0 Å². The van der Waals surface area contributed by atoms with E-state index in [2.05, 4.69) is 19.8 Å². The summed E-state index contributed by atoms with van der Waals surface area (Å²) in [6, 6.07) is 0. The third-order valence-corrected chi connectivity index (χ3v) is 4.19. The van der Waals surface area contributed by atoms with Gasteiger partial charge < -0.3 is 5.73 Å².